The van der Waals surface area contributed by atoms with E-state index in [1.54, 1.807) is 43.1 Å². The zero-order chi connectivity index (χ0) is 19.4. The van der Waals surface area contributed by atoms with Crippen LogP contribution < -0.4 is 5.32 Å². The highest BCUT2D eigenvalue weighted by molar-refractivity contribution is 5.98. The van der Waals surface area contributed by atoms with Gasteiger partial charge in [-0.05, 0) is 36.8 Å². The van der Waals surface area contributed by atoms with Crippen molar-refractivity contribution in [3.63, 3.8) is 0 Å². The number of nitrogens with zero attached hydrogens (tertiary/aromatic N) is 1. The van der Waals surface area contributed by atoms with Crippen molar-refractivity contribution in [1.29, 1.82) is 0 Å². The molecular formula is C21H22N2O4. The summed E-state index contributed by atoms with van der Waals surface area (Å²) in [6.07, 6.45) is 0.169. The molecule has 1 aliphatic rings. The average Bonchev–Trinajstić information content (AvgIpc) is 2.98. The van der Waals surface area contributed by atoms with Crippen LogP contribution in [0.2, 0.25) is 0 Å². The van der Waals surface area contributed by atoms with Crippen LogP contribution in [0.5, 0.6) is 0 Å². The molecule has 2 aromatic carbocycles. The molecule has 0 aliphatic carbocycles. The average molecular weight is 366 g/mol. The van der Waals surface area contributed by atoms with Crippen LogP contribution in [0, 0.1) is 5.92 Å². The van der Waals surface area contributed by atoms with E-state index in [9.17, 15) is 14.4 Å². The lowest BCUT2D eigenvalue weighted by Gasteiger charge is -2.25. The van der Waals surface area contributed by atoms with Gasteiger partial charge in [-0.25, -0.2) is 4.79 Å². The zero-order valence-electron chi connectivity index (χ0n) is 15.3. The van der Waals surface area contributed by atoms with Crippen LogP contribution in [0.4, 0.5) is 5.69 Å². The lowest BCUT2D eigenvalue weighted by Crippen LogP contribution is -2.30. The van der Waals surface area contributed by atoms with Gasteiger partial charge in [0, 0.05) is 19.2 Å². The van der Waals surface area contributed by atoms with Crippen molar-refractivity contribution in [2.24, 2.45) is 5.92 Å². The molecular weight excluding hydrogens is 344 g/mol. The number of hydrogen-bond donors (Lipinski definition) is 1. The summed E-state index contributed by atoms with van der Waals surface area (Å²) in [4.78, 5) is 38.4. The molecule has 1 saturated heterocycles. The van der Waals surface area contributed by atoms with E-state index in [0.717, 1.165) is 5.56 Å². The molecule has 140 valence electrons. The molecule has 1 aliphatic heterocycles. The molecule has 0 aromatic heterocycles. The van der Waals surface area contributed by atoms with Crippen molar-refractivity contribution in [1.82, 2.24) is 4.90 Å². The molecule has 27 heavy (non-hydrogen) atoms. The minimum Gasteiger partial charge on any atom is -0.462 e. The van der Waals surface area contributed by atoms with Gasteiger partial charge in [0.2, 0.25) is 11.8 Å². The van der Waals surface area contributed by atoms with Crippen LogP contribution in [-0.4, -0.2) is 36.3 Å². The maximum Gasteiger partial charge on any atom is 0.338 e. The minimum atomic E-state index is -0.477. The topological polar surface area (TPSA) is 75.7 Å². The van der Waals surface area contributed by atoms with Gasteiger partial charge in [0.25, 0.3) is 0 Å². The molecule has 3 rings (SSSR count). The monoisotopic (exact) mass is 366 g/mol. The van der Waals surface area contributed by atoms with Crippen LogP contribution in [0.25, 0.3) is 0 Å². The summed E-state index contributed by atoms with van der Waals surface area (Å²) in [6.45, 7) is 2.05. The molecule has 2 amide bonds. The summed E-state index contributed by atoms with van der Waals surface area (Å²) in [5.41, 5.74) is 1.93. The normalized spacial score (nSPS) is 19.0. The number of likely N-dealkylation sites (tertiary alicyclic amines) is 1. The lowest BCUT2D eigenvalue weighted by atomic mass is 9.93. The molecule has 1 heterocycles. The van der Waals surface area contributed by atoms with Crippen LogP contribution >= 0.6 is 0 Å². The predicted octanol–water partition coefficient (Wildman–Crippen LogP) is 3.02. The molecule has 6 nitrogen and oxygen atoms in total. The number of ether oxygens (including phenoxy) is 1. The number of anilines is 1. The second kappa shape index (κ2) is 8.03. The Morgan fingerprint density at radius 3 is 2.41 bits per heavy atom. The maximum absolute atomic E-state index is 12.8. The van der Waals surface area contributed by atoms with Gasteiger partial charge in [0.05, 0.1) is 24.1 Å². The van der Waals surface area contributed by atoms with E-state index in [0.29, 0.717) is 17.9 Å². The largest absolute Gasteiger partial charge is 0.462 e. The van der Waals surface area contributed by atoms with Crippen molar-refractivity contribution in [3.05, 3.63) is 65.7 Å². The Labute approximate surface area is 158 Å². The van der Waals surface area contributed by atoms with Crippen LogP contribution in [0.3, 0.4) is 0 Å². The first-order chi connectivity index (χ1) is 13.0. The van der Waals surface area contributed by atoms with Crippen molar-refractivity contribution < 1.29 is 19.1 Å². The van der Waals surface area contributed by atoms with Crippen molar-refractivity contribution in [2.75, 3.05) is 19.0 Å². The second-order valence-electron chi connectivity index (χ2n) is 6.46. The Bertz CT molecular complexity index is 833. The van der Waals surface area contributed by atoms with Gasteiger partial charge in [-0.3, -0.25) is 9.59 Å². The fourth-order valence-electron chi connectivity index (χ4n) is 3.35. The predicted molar refractivity (Wildman–Crippen MR) is 101 cm³/mol. The van der Waals surface area contributed by atoms with Crippen molar-refractivity contribution in [2.45, 2.75) is 19.4 Å². The molecule has 0 radical (unpaired) electrons. The first kappa shape index (κ1) is 18.6. The number of carbonyl (C=O) groups excluding carboxylic acids is 3. The Hall–Kier alpha value is -3.15. The maximum atomic E-state index is 12.8. The van der Waals surface area contributed by atoms with E-state index < -0.39 is 11.9 Å². The summed E-state index contributed by atoms with van der Waals surface area (Å²) < 4.78 is 4.95. The van der Waals surface area contributed by atoms with Gasteiger partial charge in [-0.2, -0.15) is 0 Å². The van der Waals surface area contributed by atoms with Gasteiger partial charge in [0.15, 0.2) is 0 Å². The highest BCUT2D eigenvalue weighted by Crippen LogP contribution is 2.37. The highest BCUT2D eigenvalue weighted by atomic mass is 16.5. The number of nitrogens with one attached hydrogen (secondary N) is 1. The fraction of sp³-hybridized carbons (Fsp3) is 0.286. The van der Waals surface area contributed by atoms with Gasteiger partial charge in [-0.15, -0.1) is 0 Å². The second-order valence-corrected chi connectivity index (χ2v) is 6.46. The Morgan fingerprint density at radius 1 is 1.11 bits per heavy atom. The molecule has 6 heteroatoms. The molecule has 0 spiro atoms. The van der Waals surface area contributed by atoms with E-state index in [2.05, 4.69) is 5.32 Å². The molecule has 0 unspecified atom stereocenters. The van der Waals surface area contributed by atoms with Crippen LogP contribution in [0.1, 0.15) is 35.3 Å². The molecule has 0 saturated carbocycles. The Balaban J connectivity index is 1.74. The molecule has 2 aromatic rings. The van der Waals surface area contributed by atoms with E-state index in [-0.39, 0.29) is 24.3 Å². The number of esters is 1. The van der Waals surface area contributed by atoms with E-state index in [4.69, 9.17) is 4.74 Å². The smallest absolute Gasteiger partial charge is 0.338 e. The van der Waals surface area contributed by atoms with E-state index in [1.165, 1.54) is 0 Å². The zero-order valence-corrected chi connectivity index (χ0v) is 15.3. The highest BCUT2D eigenvalue weighted by Gasteiger charge is 2.42. The summed E-state index contributed by atoms with van der Waals surface area (Å²) in [6, 6.07) is 15.8. The summed E-state index contributed by atoms with van der Waals surface area (Å²) >= 11 is 0. The summed E-state index contributed by atoms with van der Waals surface area (Å²) in [5, 5.41) is 2.85. The number of benzene rings is 2. The minimum absolute atomic E-state index is 0.0540. The van der Waals surface area contributed by atoms with Gasteiger partial charge in [0.1, 0.15) is 0 Å². The van der Waals surface area contributed by atoms with Gasteiger partial charge in [-0.1, -0.05) is 30.3 Å². The third-order valence-corrected chi connectivity index (χ3v) is 4.73. The molecule has 0 bridgehead atoms. The first-order valence-corrected chi connectivity index (χ1v) is 8.90. The Kier molecular flexibility index (Phi) is 5.54. The third kappa shape index (κ3) is 4.00. The van der Waals surface area contributed by atoms with Crippen LogP contribution in [-0.2, 0) is 14.3 Å². The van der Waals surface area contributed by atoms with Crippen molar-refractivity contribution in [3.8, 4) is 0 Å². The number of carbonyl (C=O) groups is 3. The third-order valence-electron chi connectivity index (χ3n) is 4.73. The SMILES string of the molecule is CCOC(=O)c1ccc(NC(=O)[C@@H]2CC(=O)N(C)[C@H]2c2ccccc2)cc1. The summed E-state index contributed by atoms with van der Waals surface area (Å²) in [5.74, 6) is -1.15. The lowest BCUT2D eigenvalue weighted by molar-refractivity contribution is -0.128. The molecule has 1 N–H and O–H groups in total. The molecule has 2 atom stereocenters. The van der Waals surface area contributed by atoms with Crippen LogP contribution in [0.15, 0.2) is 54.6 Å². The number of rotatable bonds is 5. The summed E-state index contributed by atoms with van der Waals surface area (Å²) in [7, 11) is 1.72. The number of hydrogen-bond acceptors (Lipinski definition) is 4. The quantitative estimate of drug-likeness (QED) is 0.826. The standard InChI is InChI=1S/C21H22N2O4/c1-3-27-21(26)15-9-11-16(12-10-15)22-20(25)17-13-18(24)23(2)19(17)14-7-5-4-6-8-14/h4-12,17,19H,3,13H2,1-2H3,(H,22,25)/t17-,19+/m1/s1. The Morgan fingerprint density at radius 2 is 1.78 bits per heavy atom. The molecule has 1 fully saturated rings. The van der Waals surface area contributed by atoms with E-state index in [1.807, 2.05) is 30.3 Å². The number of amides is 2. The van der Waals surface area contributed by atoms with Gasteiger partial charge >= 0.3 is 5.97 Å². The van der Waals surface area contributed by atoms with E-state index >= 15 is 0 Å². The fourth-order valence-corrected chi connectivity index (χ4v) is 3.35. The van der Waals surface area contributed by atoms with Gasteiger partial charge < -0.3 is 15.0 Å². The van der Waals surface area contributed by atoms with Crippen molar-refractivity contribution >= 4 is 23.5 Å². The first-order valence-electron chi connectivity index (χ1n) is 8.90.